The molecule has 2 aromatic rings. The van der Waals surface area contributed by atoms with E-state index in [1.165, 1.54) is 13.2 Å². The van der Waals surface area contributed by atoms with Gasteiger partial charge in [-0.3, -0.25) is 9.59 Å². The number of nitrogens with one attached hydrogen (secondary N) is 2. The second kappa shape index (κ2) is 7.51. The van der Waals surface area contributed by atoms with Crippen LogP contribution in [0.15, 0.2) is 42.5 Å². The molecule has 0 radical (unpaired) electrons. The first-order chi connectivity index (χ1) is 11.0. The first-order valence-electron chi connectivity index (χ1n) is 6.63. The minimum Gasteiger partial charge on any atom is -0.497 e. The fraction of sp³-hybridized carbons (Fsp3) is 0.125. The van der Waals surface area contributed by atoms with E-state index in [1.54, 1.807) is 43.5 Å². The van der Waals surface area contributed by atoms with Gasteiger partial charge < -0.3 is 20.1 Å². The van der Waals surface area contributed by atoms with Gasteiger partial charge in [0.1, 0.15) is 11.5 Å². The van der Waals surface area contributed by atoms with Crippen LogP contribution < -0.4 is 20.1 Å². The molecular formula is C16H15ClN2O4. The van der Waals surface area contributed by atoms with Gasteiger partial charge in [-0.2, -0.15) is 0 Å². The predicted molar refractivity (Wildman–Crippen MR) is 88.3 cm³/mol. The highest BCUT2D eigenvalue weighted by molar-refractivity contribution is 6.43. The van der Waals surface area contributed by atoms with Crippen LogP contribution in [0.25, 0.3) is 0 Å². The molecule has 2 aromatic carbocycles. The Bertz CT molecular complexity index is 717. The number of anilines is 2. The molecule has 6 nitrogen and oxygen atoms in total. The summed E-state index contributed by atoms with van der Waals surface area (Å²) in [5.74, 6) is -0.461. The number of halogens is 1. The standard InChI is InChI=1S/C16H15ClN2O4/c1-22-12-6-3-10(4-7-12)18-15(20)16(21)19-11-5-8-14(23-2)13(17)9-11/h3-9H,1-2H3,(H,18,20)(H,19,21). The Morgan fingerprint density at radius 3 is 1.96 bits per heavy atom. The Hall–Kier alpha value is -2.73. The van der Waals surface area contributed by atoms with Crippen LogP contribution in [-0.4, -0.2) is 26.0 Å². The van der Waals surface area contributed by atoms with Crippen LogP contribution in [0.1, 0.15) is 0 Å². The average molecular weight is 335 g/mol. The van der Waals surface area contributed by atoms with Crippen molar-refractivity contribution in [2.75, 3.05) is 24.9 Å². The molecule has 0 saturated carbocycles. The summed E-state index contributed by atoms with van der Waals surface area (Å²) in [4.78, 5) is 23.8. The van der Waals surface area contributed by atoms with E-state index in [0.29, 0.717) is 27.9 Å². The number of carbonyl (C=O) groups is 2. The normalized spacial score (nSPS) is 9.87. The lowest BCUT2D eigenvalue weighted by molar-refractivity contribution is -0.132. The topological polar surface area (TPSA) is 76.7 Å². The van der Waals surface area contributed by atoms with Crippen molar-refractivity contribution in [2.45, 2.75) is 0 Å². The Morgan fingerprint density at radius 1 is 0.870 bits per heavy atom. The molecule has 0 unspecified atom stereocenters. The maximum Gasteiger partial charge on any atom is 0.314 e. The molecule has 0 bridgehead atoms. The highest BCUT2D eigenvalue weighted by Crippen LogP contribution is 2.27. The number of benzene rings is 2. The average Bonchev–Trinajstić information content (AvgIpc) is 2.55. The summed E-state index contributed by atoms with van der Waals surface area (Å²) >= 11 is 5.96. The zero-order chi connectivity index (χ0) is 16.8. The number of hydrogen-bond donors (Lipinski definition) is 2. The molecule has 0 aliphatic heterocycles. The van der Waals surface area contributed by atoms with E-state index < -0.39 is 11.8 Å². The Kier molecular flexibility index (Phi) is 5.43. The summed E-state index contributed by atoms with van der Waals surface area (Å²) in [6.45, 7) is 0. The Labute approximate surface area is 138 Å². The monoisotopic (exact) mass is 334 g/mol. The third-order valence-electron chi connectivity index (χ3n) is 2.96. The van der Waals surface area contributed by atoms with Crippen molar-refractivity contribution in [2.24, 2.45) is 0 Å². The van der Waals surface area contributed by atoms with Crippen LogP contribution in [0, 0.1) is 0 Å². The number of methoxy groups -OCH3 is 2. The van der Waals surface area contributed by atoms with Crippen LogP contribution in [0.2, 0.25) is 5.02 Å². The summed E-state index contributed by atoms with van der Waals surface area (Å²) in [6.07, 6.45) is 0. The van der Waals surface area contributed by atoms with Gasteiger partial charge >= 0.3 is 11.8 Å². The zero-order valence-electron chi connectivity index (χ0n) is 12.6. The molecule has 2 N–H and O–H groups in total. The van der Waals surface area contributed by atoms with Crippen molar-refractivity contribution in [3.63, 3.8) is 0 Å². The van der Waals surface area contributed by atoms with E-state index >= 15 is 0 Å². The van der Waals surface area contributed by atoms with Crippen molar-refractivity contribution >= 4 is 34.8 Å². The van der Waals surface area contributed by atoms with E-state index in [9.17, 15) is 9.59 Å². The number of ether oxygens (including phenoxy) is 2. The summed E-state index contributed by atoms with van der Waals surface area (Å²) in [5, 5.41) is 5.28. The minimum absolute atomic E-state index is 0.334. The molecular weight excluding hydrogens is 320 g/mol. The Morgan fingerprint density at radius 2 is 1.43 bits per heavy atom. The first-order valence-corrected chi connectivity index (χ1v) is 7.01. The maximum absolute atomic E-state index is 11.9. The van der Waals surface area contributed by atoms with Crippen molar-refractivity contribution in [1.82, 2.24) is 0 Å². The van der Waals surface area contributed by atoms with Crippen molar-refractivity contribution < 1.29 is 19.1 Å². The summed E-state index contributed by atoms with van der Waals surface area (Å²) in [6, 6.07) is 11.3. The molecule has 0 heterocycles. The Balaban J connectivity index is 1.99. The van der Waals surface area contributed by atoms with Crippen LogP contribution in [0.3, 0.4) is 0 Å². The molecule has 2 amide bonds. The number of amides is 2. The minimum atomic E-state index is -0.804. The van der Waals surface area contributed by atoms with E-state index in [2.05, 4.69) is 10.6 Å². The SMILES string of the molecule is COc1ccc(NC(=O)C(=O)Nc2ccc(OC)c(Cl)c2)cc1. The van der Waals surface area contributed by atoms with Crippen LogP contribution in [0.5, 0.6) is 11.5 Å². The van der Waals surface area contributed by atoms with Crippen LogP contribution in [0.4, 0.5) is 11.4 Å². The molecule has 7 heteroatoms. The molecule has 0 spiro atoms. The molecule has 23 heavy (non-hydrogen) atoms. The molecule has 2 rings (SSSR count). The predicted octanol–water partition coefficient (Wildman–Crippen LogP) is 2.93. The lowest BCUT2D eigenvalue weighted by atomic mass is 10.3. The van der Waals surface area contributed by atoms with Crippen LogP contribution in [-0.2, 0) is 9.59 Å². The lowest BCUT2D eigenvalue weighted by Crippen LogP contribution is -2.29. The lowest BCUT2D eigenvalue weighted by Gasteiger charge is -2.09. The van der Waals surface area contributed by atoms with Crippen molar-refractivity contribution in [3.05, 3.63) is 47.5 Å². The van der Waals surface area contributed by atoms with Gasteiger partial charge in [-0.25, -0.2) is 0 Å². The zero-order valence-corrected chi connectivity index (χ0v) is 13.3. The second-order valence-corrected chi connectivity index (χ2v) is 4.89. The van der Waals surface area contributed by atoms with Gasteiger partial charge in [0.15, 0.2) is 0 Å². The van der Waals surface area contributed by atoms with E-state index in [-0.39, 0.29) is 0 Å². The summed E-state index contributed by atoms with van der Waals surface area (Å²) in [7, 11) is 3.03. The molecule has 120 valence electrons. The molecule has 0 aromatic heterocycles. The van der Waals surface area contributed by atoms with Crippen molar-refractivity contribution in [1.29, 1.82) is 0 Å². The molecule has 0 aliphatic carbocycles. The molecule has 0 atom stereocenters. The third kappa shape index (κ3) is 4.37. The van der Waals surface area contributed by atoms with Gasteiger partial charge in [0.2, 0.25) is 0 Å². The van der Waals surface area contributed by atoms with Gasteiger partial charge in [-0.1, -0.05) is 11.6 Å². The van der Waals surface area contributed by atoms with Gasteiger partial charge in [-0.15, -0.1) is 0 Å². The number of hydrogen-bond acceptors (Lipinski definition) is 4. The highest BCUT2D eigenvalue weighted by atomic mass is 35.5. The first kappa shape index (κ1) is 16.6. The number of rotatable bonds is 4. The maximum atomic E-state index is 11.9. The molecule has 0 saturated heterocycles. The fourth-order valence-corrected chi connectivity index (χ4v) is 2.05. The quantitative estimate of drug-likeness (QED) is 0.843. The molecule has 0 fully saturated rings. The van der Waals surface area contributed by atoms with Crippen molar-refractivity contribution in [3.8, 4) is 11.5 Å². The fourth-order valence-electron chi connectivity index (χ4n) is 1.79. The van der Waals surface area contributed by atoms with Gasteiger partial charge in [0.05, 0.1) is 19.2 Å². The smallest absolute Gasteiger partial charge is 0.314 e. The highest BCUT2D eigenvalue weighted by Gasteiger charge is 2.14. The van der Waals surface area contributed by atoms with Gasteiger partial charge in [0, 0.05) is 11.4 Å². The van der Waals surface area contributed by atoms with Crippen LogP contribution >= 0.6 is 11.6 Å². The molecule has 0 aliphatic rings. The van der Waals surface area contributed by atoms with E-state index in [0.717, 1.165) is 0 Å². The van der Waals surface area contributed by atoms with E-state index in [1.807, 2.05) is 0 Å². The number of carbonyl (C=O) groups excluding carboxylic acids is 2. The van der Waals surface area contributed by atoms with E-state index in [4.69, 9.17) is 21.1 Å². The third-order valence-corrected chi connectivity index (χ3v) is 3.26. The van der Waals surface area contributed by atoms with Gasteiger partial charge in [0.25, 0.3) is 0 Å². The largest absolute Gasteiger partial charge is 0.497 e. The van der Waals surface area contributed by atoms with Gasteiger partial charge in [-0.05, 0) is 42.5 Å². The summed E-state index contributed by atoms with van der Waals surface area (Å²) < 4.78 is 10.0. The summed E-state index contributed by atoms with van der Waals surface area (Å²) in [5.41, 5.74) is 0.879. The second-order valence-electron chi connectivity index (χ2n) is 4.49.